The Morgan fingerprint density at radius 3 is 2.00 bits per heavy atom. The highest BCUT2D eigenvalue weighted by Gasteiger charge is 2.58. The van der Waals surface area contributed by atoms with Gasteiger partial charge in [0.1, 0.15) is 0 Å². The first-order chi connectivity index (χ1) is 4.56. The van der Waals surface area contributed by atoms with E-state index in [0.29, 0.717) is 5.41 Å². The van der Waals surface area contributed by atoms with E-state index in [4.69, 9.17) is 5.73 Å². The van der Waals surface area contributed by atoms with E-state index in [2.05, 4.69) is 18.9 Å². The second kappa shape index (κ2) is 1.56. The molecule has 0 radical (unpaired) electrons. The zero-order valence-electron chi connectivity index (χ0n) is 6.85. The summed E-state index contributed by atoms with van der Waals surface area (Å²) in [6, 6.07) is 0. The molecule has 2 aliphatic rings. The fourth-order valence-corrected chi connectivity index (χ4v) is 2.38. The van der Waals surface area contributed by atoms with E-state index in [1.54, 1.807) is 0 Å². The molecular formula is C8H16N2. The molecule has 0 aromatic rings. The summed E-state index contributed by atoms with van der Waals surface area (Å²) >= 11 is 0. The molecule has 2 heteroatoms. The molecule has 0 bridgehead atoms. The zero-order chi connectivity index (χ0) is 7.41. The fraction of sp³-hybridized carbons (Fsp3) is 1.00. The highest BCUT2D eigenvalue weighted by Crippen LogP contribution is 2.53. The number of nitrogens with zero attached hydrogens (tertiary/aromatic N) is 1. The van der Waals surface area contributed by atoms with Crippen LogP contribution in [-0.4, -0.2) is 30.6 Å². The van der Waals surface area contributed by atoms with E-state index >= 15 is 0 Å². The lowest BCUT2D eigenvalue weighted by molar-refractivity contribution is -0.111. The number of rotatable bonds is 0. The molecule has 1 atom stereocenters. The third-order valence-corrected chi connectivity index (χ3v) is 3.48. The second-order valence-electron chi connectivity index (χ2n) is 4.37. The van der Waals surface area contributed by atoms with Crippen molar-refractivity contribution in [2.45, 2.75) is 25.3 Å². The Morgan fingerprint density at radius 2 is 1.90 bits per heavy atom. The summed E-state index contributed by atoms with van der Waals surface area (Å²) in [5.41, 5.74) is 6.77. The van der Waals surface area contributed by atoms with Crippen LogP contribution in [0.4, 0.5) is 0 Å². The van der Waals surface area contributed by atoms with Crippen molar-refractivity contribution in [3.8, 4) is 0 Å². The molecule has 1 aliphatic carbocycles. The first kappa shape index (κ1) is 6.62. The van der Waals surface area contributed by atoms with Gasteiger partial charge in [0.15, 0.2) is 0 Å². The van der Waals surface area contributed by atoms with Crippen LogP contribution in [0.15, 0.2) is 0 Å². The molecule has 2 nitrogen and oxygen atoms in total. The van der Waals surface area contributed by atoms with E-state index in [1.807, 2.05) is 0 Å². The Labute approximate surface area is 62.4 Å². The average Bonchev–Trinajstić information content (AvgIpc) is 1.78. The molecule has 0 aromatic carbocycles. The molecule has 58 valence electrons. The molecule has 0 unspecified atom stereocenters. The van der Waals surface area contributed by atoms with Crippen molar-refractivity contribution in [3.63, 3.8) is 0 Å². The van der Waals surface area contributed by atoms with Crippen molar-refractivity contribution < 1.29 is 0 Å². The third-order valence-electron chi connectivity index (χ3n) is 3.48. The summed E-state index contributed by atoms with van der Waals surface area (Å²) in [5.74, 6) is 0. The van der Waals surface area contributed by atoms with Crippen LogP contribution in [-0.2, 0) is 0 Å². The van der Waals surface area contributed by atoms with Gasteiger partial charge in [0.05, 0.1) is 0 Å². The smallest absolute Gasteiger partial charge is 0.0207 e. The van der Waals surface area contributed by atoms with Crippen molar-refractivity contribution in [3.05, 3.63) is 0 Å². The number of likely N-dealkylation sites (tertiary alicyclic amines) is 1. The van der Waals surface area contributed by atoms with Gasteiger partial charge in [0.25, 0.3) is 0 Å². The Bertz CT molecular complexity index is 157. The fourth-order valence-electron chi connectivity index (χ4n) is 2.38. The van der Waals surface area contributed by atoms with Crippen LogP contribution >= 0.6 is 0 Å². The van der Waals surface area contributed by atoms with Gasteiger partial charge in [-0.2, -0.15) is 0 Å². The normalized spacial score (nSPS) is 44.7. The lowest BCUT2D eigenvalue weighted by atomic mass is 9.52. The van der Waals surface area contributed by atoms with Gasteiger partial charge in [0, 0.05) is 24.0 Å². The number of hydrogen-bond donors (Lipinski definition) is 1. The topological polar surface area (TPSA) is 29.3 Å². The van der Waals surface area contributed by atoms with Crippen molar-refractivity contribution in [1.82, 2.24) is 4.90 Å². The summed E-state index contributed by atoms with van der Waals surface area (Å²) in [7, 11) is 2.17. The van der Waals surface area contributed by atoms with Crippen LogP contribution in [0.1, 0.15) is 19.8 Å². The molecular weight excluding hydrogens is 124 g/mol. The number of nitrogens with two attached hydrogens (primary N) is 1. The third kappa shape index (κ3) is 0.565. The van der Waals surface area contributed by atoms with Crippen molar-refractivity contribution in [2.24, 2.45) is 11.1 Å². The van der Waals surface area contributed by atoms with Crippen LogP contribution in [0.3, 0.4) is 0 Å². The molecule has 1 saturated heterocycles. The van der Waals surface area contributed by atoms with Gasteiger partial charge in [-0.05, 0) is 26.8 Å². The standard InChI is InChI=1S/C8H16N2/c1-7(9)3-4-8(7)5-10(2)6-8/h3-6,9H2,1-2H3/t7-/m1/s1. The second-order valence-corrected chi connectivity index (χ2v) is 4.37. The first-order valence-electron chi connectivity index (χ1n) is 4.03. The average molecular weight is 140 g/mol. The van der Waals surface area contributed by atoms with Gasteiger partial charge in [-0.25, -0.2) is 0 Å². The minimum absolute atomic E-state index is 0.152. The van der Waals surface area contributed by atoms with Crippen molar-refractivity contribution in [1.29, 1.82) is 0 Å². The van der Waals surface area contributed by atoms with Gasteiger partial charge in [0.2, 0.25) is 0 Å². The van der Waals surface area contributed by atoms with Crippen LogP contribution in [0.5, 0.6) is 0 Å². The summed E-state index contributed by atoms with van der Waals surface area (Å²) in [5, 5.41) is 0. The molecule has 2 rings (SSSR count). The minimum atomic E-state index is 0.152. The predicted octanol–water partition coefficient (Wildman–Crippen LogP) is 0.429. The van der Waals surface area contributed by atoms with E-state index in [1.165, 1.54) is 25.9 Å². The summed E-state index contributed by atoms with van der Waals surface area (Å²) in [4.78, 5) is 2.35. The SMILES string of the molecule is CN1CC2(CC[C@@]2(C)N)C1. The monoisotopic (exact) mass is 140 g/mol. The van der Waals surface area contributed by atoms with Crippen LogP contribution in [0.25, 0.3) is 0 Å². The zero-order valence-corrected chi connectivity index (χ0v) is 6.85. The van der Waals surface area contributed by atoms with Gasteiger partial charge in [-0.1, -0.05) is 0 Å². The van der Waals surface area contributed by atoms with E-state index in [-0.39, 0.29) is 5.54 Å². The quantitative estimate of drug-likeness (QED) is 0.528. The van der Waals surface area contributed by atoms with E-state index in [0.717, 1.165) is 0 Å². The maximum absolute atomic E-state index is 6.10. The van der Waals surface area contributed by atoms with E-state index < -0.39 is 0 Å². The molecule has 1 aliphatic heterocycles. The maximum Gasteiger partial charge on any atom is 0.0207 e. The Hall–Kier alpha value is -0.0800. The maximum atomic E-state index is 6.10. The summed E-state index contributed by atoms with van der Waals surface area (Å²) < 4.78 is 0. The molecule has 1 saturated carbocycles. The highest BCUT2D eigenvalue weighted by molar-refractivity contribution is 5.15. The Balaban J connectivity index is 2.07. The summed E-state index contributed by atoms with van der Waals surface area (Å²) in [6.07, 6.45) is 2.57. The molecule has 0 aromatic heterocycles. The van der Waals surface area contributed by atoms with Crippen LogP contribution in [0.2, 0.25) is 0 Å². The Kier molecular flexibility index (Phi) is 1.03. The molecule has 2 N–H and O–H groups in total. The van der Waals surface area contributed by atoms with Gasteiger partial charge >= 0.3 is 0 Å². The lowest BCUT2D eigenvalue weighted by Crippen LogP contribution is -2.74. The minimum Gasteiger partial charge on any atom is -0.325 e. The molecule has 2 fully saturated rings. The van der Waals surface area contributed by atoms with Gasteiger partial charge < -0.3 is 10.6 Å². The predicted molar refractivity (Wildman–Crippen MR) is 41.8 cm³/mol. The number of hydrogen-bond acceptors (Lipinski definition) is 2. The van der Waals surface area contributed by atoms with Crippen LogP contribution in [0, 0.1) is 5.41 Å². The van der Waals surface area contributed by atoms with Gasteiger partial charge in [-0.3, -0.25) is 0 Å². The van der Waals surface area contributed by atoms with Crippen molar-refractivity contribution in [2.75, 3.05) is 20.1 Å². The van der Waals surface area contributed by atoms with Gasteiger partial charge in [-0.15, -0.1) is 0 Å². The molecule has 1 heterocycles. The Morgan fingerprint density at radius 1 is 1.30 bits per heavy atom. The largest absolute Gasteiger partial charge is 0.325 e. The first-order valence-corrected chi connectivity index (χ1v) is 4.03. The lowest BCUT2D eigenvalue weighted by Gasteiger charge is -2.64. The molecule has 0 amide bonds. The van der Waals surface area contributed by atoms with Crippen LogP contribution < -0.4 is 5.73 Å². The summed E-state index contributed by atoms with van der Waals surface area (Å²) in [6.45, 7) is 4.64. The van der Waals surface area contributed by atoms with Crippen molar-refractivity contribution >= 4 is 0 Å². The van der Waals surface area contributed by atoms with E-state index in [9.17, 15) is 0 Å². The highest BCUT2D eigenvalue weighted by atomic mass is 15.2. The molecule has 1 spiro atoms. The molecule has 10 heavy (non-hydrogen) atoms.